The number of hydrogen-bond donors (Lipinski definition) is 1. The Balaban J connectivity index is 2.12. The summed E-state index contributed by atoms with van der Waals surface area (Å²) in [7, 11) is 0. The smallest absolute Gasteiger partial charge is 0.0635 e. The zero-order chi connectivity index (χ0) is 11.8. The molecule has 92 valence electrons. The highest BCUT2D eigenvalue weighted by Gasteiger charge is 2.70. The van der Waals surface area contributed by atoms with E-state index in [-0.39, 0.29) is 11.5 Å². The van der Waals surface area contributed by atoms with Crippen molar-refractivity contribution in [1.29, 1.82) is 0 Å². The average molecular weight is 222 g/mol. The van der Waals surface area contributed by atoms with Crippen molar-refractivity contribution in [2.24, 2.45) is 28.1 Å². The second-order valence-corrected chi connectivity index (χ2v) is 7.79. The SMILES string of the molecule is CC1(C)CCC[C@@]2(C)[C@@H]3CC[C@@]2(C)[C@H](O)[C@@H]31. The van der Waals surface area contributed by atoms with Gasteiger partial charge in [0.15, 0.2) is 0 Å². The summed E-state index contributed by atoms with van der Waals surface area (Å²) in [6, 6.07) is 0. The third-order valence-electron chi connectivity index (χ3n) is 6.94. The minimum Gasteiger partial charge on any atom is -0.392 e. The van der Waals surface area contributed by atoms with Crippen LogP contribution in [0.3, 0.4) is 0 Å². The summed E-state index contributed by atoms with van der Waals surface area (Å²) >= 11 is 0. The summed E-state index contributed by atoms with van der Waals surface area (Å²) in [4.78, 5) is 0. The Labute approximate surface area is 99.6 Å². The van der Waals surface area contributed by atoms with Gasteiger partial charge in [-0.05, 0) is 53.8 Å². The molecule has 0 aliphatic heterocycles. The first-order valence-corrected chi connectivity index (χ1v) is 7.01. The summed E-state index contributed by atoms with van der Waals surface area (Å²) in [6.07, 6.45) is 6.56. The Bertz CT molecular complexity index is 321. The summed E-state index contributed by atoms with van der Waals surface area (Å²) in [5, 5.41) is 10.8. The minimum atomic E-state index is -0.0495. The van der Waals surface area contributed by atoms with Crippen LogP contribution in [0.5, 0.6) is 0 Å². The first kappa shape index (κ1) is 11.1. The molecule has 3 rings (SSSR count). The predicted octanol–water partition coefficient (Wildman–Crippen LogP) is 3.61. The van der Waals surface area contributed by atoms with Crippen LogP contribution >= 0.6 is 0 Å². The number of rotatable bonds is 0. The molecular weight excluding hydrogens is 196 g/mol. The molecule has 0 aromatic rings. The highest BCUT2D eigenvalue weighted by molar-refractivity contribution is 5.19. The predicted molar refractivity (Wildman–Crippen MR) is 66.1 cm³/mol. The molecule has 3 aliphatic carbocycles. The van der Waals surface area contributed by atoms with Crippen molar-refractivity contribution < 1.29 is 5.11 Å². The molecule has 1 heteroatoms. The lowest BCUT2D eigenvalue weighted by Gasteiger charge is -2.44. The van der Waals surface area contributed by atoms with Crippen LogP contribution in [0, 0.1) is 28.1 Å². The van der Waals surface area contributed by atoms with E-state index in [2.05, 4.69) is 27.7 Å². The van der Waals surface area contributed by atoms with Gasteiger partial charge in [0.2, 0.25) is 0 Å². The Kier molecular flexibility index (Phi) is 1.98. The van der Waals surface area contributed by atoms with Gasteiger partial charge in [-0.3, -0.25) is 0 Å². The van der Waals surface area contributed by atoms with Crippen LogP contribution in [0.1, 0.15) is 59.8 Å². The zero-order valence-electron chi connectivity index (χ0n) is 11.2. The molecule has 16 heavy (non-hydrogen) atoms. The molecule has 0 spiro atoms. The Morgan fingerprint density at radius 3 is 2.31 bits per heavy atom. The van der Waals surface area contributed by atoms with Crippen LogP contribution in [0.4, 0.5) is 0 Å². The maximum atomic E-state index is 10.8. The van der Waals surface area contributed by atoms with E-state index in [1.807, 2.05) is 0 Å². The molecular formula is C15H26O. The number of aliphatic hydroxyl groups is 1. The topological polar surface area (TPSA) is 20.2 Å². The van der Waals surface area contributed by atoms with E-state index < -0.39 is 0 Å². The fraction of sp³-hybridized carbons (Fsp3) is 1.00. The lowest BCUT2D eigenvalue weighted by Crippen LogP contribution is -2.43. The second kappa shape index (κ2) is 2.85. The molecule has 0 saturated heterocycles. The van der Waals surface area contributed by atoms with Crippen molar-refractivity contribution in [2.45, 2.75) is 65.9 Å². The van der Waals surface area contributed by atoms with Crippen molar-refractivity contribution in [3.63, 3.8) is 0 Å². The monoisotopic (exact) mass is 222 g/mol. The van der Waals surface area contributed by atoms with Gasteiger partial charge in [0.25, 0.3) is 0 Å². The fourth-order valence-electron chi connectivity index (χ4n) is 5.68. The van der Waals surface area contributed by atoms with Crippen LogP contribution < -0.4 is 0 Å². The molecule has 0 unspecified atom stereocenters. The molecule has 1 N–H and O–H groups in total. The summed E-state index contributed by atoms with van der Waals surface area (Å²) in [6.45, 7) is 9.60. The number of hydrogen-bond acceptors (Lipinski definition) is 1. The van der Waals surface area contributed by atoms with Gasteiger partial charge in [-0.1, -0.05) is 34.1 Å². The maximum Gasteiger partial charge on any atom is 0.0635 e. The van der Waals surface area contributed by atoms with Gasteiger partial charge in [0.05, 0.1) is 6.10 Å². The van der Waals surface area contributed by atoms with E-state index in [9.17, 15) is 5.11 Å². The molecule has 4 bridgehead atoms. The third kappa shape index (κ3) is 0.978. The molecule has 0 amide bonds. The summed E-state index contributed by atoms with van der Waals surface area (Å²) in [5.41, 5.74) is 0.977. The first-order valence-electron chi connectivity index (χ1n) is 7.01. The van der Waals surface area contributed by atoms with E-state index in [0.29, 0.717) is 16.7 Å². The fourth-order valence-corrected chi connectivity index (χ4v) is 5.68. The highest BCUT2D eigenvalue weighted by atomic mass is 16.3. The standard InChI is InChI=1S/C15H26O/c1-13(2)7-5-8-14(3)10-6-9-15(14,4)12(16)11(10)13/h10-12,16H,5-9H2,1-4H3/t10-,11-,12-,14+,15+/m1/s1. The van der Waals surface area contributed by atoms with Crippen molar-refractivity contribution in [2.75, 3.05) is 0 Å². The van der Waals surface area contributed by atoms with Crippen LogP contribution in [0.25, 0.3) is 0 Å². The lowest BCUT2D eigenvalue weighted by atomic mass is 9.63. The van der Waals surface area contributed by atoms with Crippen LogP contribution in [-0.4, -0.2) is 11.2 Å². The molecule has 0 aromatic carbocycles. The van der Waals surface area contributed by atoms with Crippen LogP contribution in [0.2, 0.25) is 0 Å². The van der Waals surface area contributed by atoms with Gasteiger partial charge in [0, 0.05) is 0 Å². The van der Waals surface area contributed by atoms with E-state index in [0.717, 1.165) is 5.92 Å². The second-order valence-electron chi connectivity index (χ2n) is 7.79. The van der Waals surface area contributed by atoms with E-state index in [1.54, 1.807) is 0 Å². The van der Waals surface area contributed by atoms with Crippen molar-refractivity contribution in [3.05, 3.63) is 0 Å². The van der Waals surface area contributed by atoms with E-state index in [1.165, 1.54) is 32.1 Å². The quantitative estimate of drug-likeness (QED) is 0.664. The van der Waals surface area contributed by atoms with Gasteiger partial charge < -0.3 is 5.11 Å². The van der Waals surface area contributed by atoms with E-state index in [4.69, 9.17) is 0 Å². The molecule has 0 radical (unpaired) electrons. The van der Waals surface area contributed by atoms with Crippen molar-refractivity contribution >= 4 is 0 Å². The van der Waals surface area contributed by atoms with Crippen molar-refractivity contribution in [3.8, 4) is 0 Å². The van der Waals surface area contributed by atoms with Gasteiger partial charge in [-0.15, -0.1) is 0 Å². The Morgan fingerprint density at radius 1 is 0.938 bits per heavy atom. The molecule has 0 aromatic heterocycles. The molecule has 0 heterocycles. The van der Waals surface area contributed by atoms with Crippen molar-refractivity contribution in [1.82, 2.24) is 0 Å². The Hall–Kier alpha value is -0.0400. The highest BCUT2D eigenvalue weighted by Crippen LogP contribution is 2.74. The van der Waals surface area contributed by atoms with Gasteiger partial charge in [-0.2, -0.15) is 0 Å². The largest absolute Gasteiger partial charge is 0.392 e. The van der Waals surface area contributed by atoms with Gasteiger partial charge >= 0.3 is 0 Å². The number of aliphatic hydroxyl groups excluding tert-OH is 1. The summed E-state index contributed by atoms with van der Waals surface area (Å²) in [5.74, 6) is 1.34. The molecule has 5 atom stereocenters. The van der Waals surface area contributed by atoms with Crippen LogP contribution in [0.15, 0.2) is 0 Å². The Morgan fingerprint density at radius 2 is 1.62 bits per heavy atom. The minimum absolute atomic E-state index is 0.0495. The molecule has 3 saturated carbocycles. The normalized spacial score (nSPS) is 58.7. The van der Waals surface area contributed by atoms with Gasteiger partial charge in [0.1, 0.15) is 0 Å². The van der Waals surface area contributed by atoms with Gasteiger partial charge in [-0.25, -0.2) is 0 Å². The van der Waals surface area contributed by atoms with E-state index >= 15 is 0 Å². The molecule has 1 nitrogen and oxygen atoms in total. The molecule has 3 fully saturated rings. The molecule has 3 aliphatic rings. The average Bonchev–Trinajstić information content (AvgIpc) is 2.47. The summed E-state index contributed by atoms with van der Waals surface area (Å²) < 4.78 is 0. The maximum absolute atomic E-state index is 10.8. The third-order valence-corrected chi connectivity index (χ3v) is 6.94. The van der Waals surface area contributed by atoms with Crippen LogP contribution in [-0.2, 0) is 0 Å². The zero-order valence-corrected chi connectivity index (χ0v) is 11.2. The first-order chi connectivity index (χ1) is 7.33. The lowest BCUT2D eigenvalue weighted by molar-refractivity contribution is -0.0578.